The lowest BCUT2D eigenvalue weighted by Crippen LogP contribution is -2.68. The summed E-state index contributed by atoms with van der Waals surface area (Å²) in [5.74, 6) is -0.960. The molecule has 0 aliphatic carbocycles. The van der Waals surface area contributed by atoms with Crippen LogP contribution in [0.5, 0.6) is 5.75 Å². The average molecular weight is 503 g/mol. The number of aliphatic hydroxyl groups is 3. The molecule has 6 atom stereocenters. The van der Waals surface area contributed by atoms with Crippen LogP contribution >= 0.6 is 0 Å². The van der Waals surface area contributed by atoms with Gasteiger partial charge < -0.3 is 39.0 Å². The van der Waals surface area contributed by atoms with Gasteiger partial charge in [0.25, 0.3) is 0 Å². The van der Waals surface area contributed by atoms with Gasteiger partial charge in [0.05, 0.1) is 19.8 Å². The van der Waals surface area contributed by atoms with Gasteiger partial charge in [0.2, 0.25) is 5.79 Å². The third-order valence-corrected chi connectivity index (χ3v) is 6.99. The molecule has 3 N–H and O–H groups in total. The van der Waals surface area contributed by atoms with E-state index in [1.807, 2.05) is 50.2 Å². The molecule has 2 bridgehead atoms. The van der Waals surface area contributed by atoms with E-state index in [4.69, 9.17) is 23.7 Å². The van der Waals surface area contributed by atoms with Crippen molar-refractivity contribution in [2.75, 3.05) is 19.8 Å². The second-order valence-electron chi connectivity index (χ2n) is 9.23. The normalized spacial score (nSPS) is 30.0. The number of fused-ring (bicyclic) bond motifs is 2. The molecule has 0 amide bonds. The molecule has 0 spiro atoms. The van der Waals surface area contributed by atoms with Crippen molar-refractivity contribution in [1.29, 1.82) is 0 Å². The Kier molecular flexibility index (Phi) is 7.59. The molecule has 4 rings (SSSR count). The zero-order valence-corrected chi connectivity index (χ0v) is 21.0. The van der Waals surface area contributed by atoms with Gasteiger partial charge in [-0.05, 0) is 69.0 Å². The Bertz CT molecular complexity index is 1070. The maximum atomic E-state index is 11.9. The van der Waals surface area contributed by atoms with Crippen LogP contribution in [0.15, 0.2) is 42.5 Å². The van der Waals surface area contributed by atoms with Gasteiger partial charge in [-0.3, -0.25) is 0 Å². The van der Waals surface area contributed by atoms with Crippen molar-refractivity contribution in [2.45, 2.75) is 69.9 Å². The van der Waals surface area contributed by atoms with Gasteiger partial charge in [0, 0.05) is 5.56 Å². The van der Waals surface area contributed by atoms with E-state index in [9.17, 15) is 20.1 Å². The molecule has 0 aromatic heterocycles. The van der Waals surface area contributed by atoms with Crippen LogP contribution in [0.25, 0.3) is 0 Å². The summed E-state index contributed by atoms with van der Waals surface area (Å²) >= 11 is 0. The first-order chi connectivity index (χ1) is 17.2. The molecular formula is C27H34O9. The number of hydrogen-bond donors (Lipinski definition) is 3. The minimum Gasteiger partial charge on any atom is -0.494 e. The summed E-state index contributed by atoms with van der Waals surface area (Å²) in [4.78, 5) is 11.9. The molecule has 2 aliphatic rings. The molecule has 1 unspecified atom stereocenters. The van der Waals surface area contributed by atoms with E-state index in [1.54, 1.807) is 13.0 Å². The molecule has 2 aromatic rings. The first-order valence-corrected chi connectivity index (χ1v) is 12.2. The van der Waals surface area contributed by atoms with Gasteiger partial charge in [-0.2, -0.15) is 0 Å². The van der Waals surface area contributed by atoms with Crippen molar-refractivity contribution >= 4 is 6.16 Å². The highest BCUT2D eigenvalue weighted by Crippen LogP contribution is 2.51. The van der Waals surface area contributed by atoms with Crippen molar-refractivity contribution in [3.05, 3.63) is 64.7 Å². The molecule has 2 aliphatic heterocycles. The predicted octanol–water partition coefficient (Wildman–Crippen LogP) is 2.58. The minimum absolute atomic E-state index is 0.115. The van der Waals surface area contributed by atoms with Crippen molar-refractivity contribution < 1.29 is 43.8 Å². The van der Waals surface area contributed by atoms with Gasteiger partial charge >= 0.3 is 6.16 Å². The zero-order chi connectivity index (χ0) is 26.1. The Hall–Kier alpha value is -2.69. The lowest BCUT2D eigenvalue weighted by atomic mass is 9.80. The quantitative estimate of drug-likeness (QED) is 0.467. The maximum absolute atomic E-state index is 11.9. The third kappa shape index (κ3) is 4.57. The number of benzene rings is 2. The number of ether oxygens (including phenoxy) is 5. The summed E-state index contributed by atoms with van der Waals surface area (Å²) in [6.07, 6.45) is -6.12. The number of hydrogen-bond acceptors (Lipinski definition) is 9. The van der Waals surface area contributed by atoms with Crippen molar-refractivity contribution in [1.82, 2.24) is 0 Å². The highest BCUT2D eigenvalue weighted by Gasteiger charge is 2.69. The lowest BCUT2D eigenvalue weighted by Gasteiger charge is -2.48. The fraction of sp³-hybridized carbons (Fsp3) is 0.519. The molecule has 0 radical (unpaired) electrons. The Morgan fingerprint density at radius 3 is 2.47 bits per heavy atom. The van der Waals surface area contributed by atoms with E-state index in [2.05, 4.69) is 0 Å². The lowest BCUT2D eigenvalue weighted by molar-refractivity contribution is -0.337. The number of rotatable bonds is 8. The molecule has 2 aromatic carbocycles. The van der Waals surface area contributed by atoms with Gasteiger partial charge in [-0.25, -0.2) is 4.79 Å². The SMILES string of the molecule is CCOC(=O)OC(C)[C@@]12CO[C@@](c3ccc(C)c(Cc4ccc(OCC)cc4)c3)(O1)[C@H](O)[C@@H](O)[C@@H]2O. The smallest absolute Gasteiger partial charge is 0.494 e. The fourth-order valence-corrected chi connectivity index (χ4v) is 4.86. The molecular weight excluding hydrogens is 468 g/mol. The van der Waals surface area contributed by atoms with Crippen LogP contribution in [-0.4, -0.2) is 71.3 Å². The summed E-state index contributed by atoms with van der Waals surface area (Å²) < 4.78 is 27.9. The fourth-order valence-electron chi connectivity index (χ4n) is 4.86. The largest absolute Gasteiger partial charge is 0.508 e. The molecule has 36 heavy (non-hydrogen) atoms. The van der Waals surface area contributed by atoms with E-state index in [1.165, 1.54) is 6.92 Å². The van der Waals surface area contributed by atoms with Crippen LogP contribution in [0.1, 0.15) is 43.0 Å². The highest BCUT2D eigenvalue weighted by molar-refractivity contribution is 5.60. The van der Waals surface area contributed by atoms with Crippen LogP contribution in [-0.2, 0) is 31.2 Å². The first kappa shape index (κ1) is 26.4. The van der Waals surface area contributed by atoms with E-state index in [0.29, 0.717) is 18.6 Å². The molecule has 2 fully saturated rings. The van der Waals surface area contributed by atoms with Gasteiger partial charge in [0.15, 0.2) is 5.60 Å². The van der Waals surface area contributed by atoms with Crippen LogP contribution < -0.4 is 4.74 Å². The van der Waals surface area contributed by atoms with E-state index < -0.39 is 42.0 Å². The highest BCUT2D eigenvalue weighted by atomic mass is 16.8. The summed E-state index contributed by atoms with van der Waals surface area (Å²) in [5.41, 5.74) is 1.94. The van der Waals surface area contributed by atoms with E-state index in [0.717, 1.165) is 22.4 Å². The van der Waals surface area contributed by atoms with Crippen molar-refractivity contribution in [3.63, 3.8) is 0 Å². The Morgan fingerprint density at radius 2 is 1.81 bits per heavy atom. The van der Waals surface area contributed by atoms with E-state index in [-0.39, 0.29) is 13.2 Å². The maximum Gasteiger partial charge on any atom is 0.508 e. The minimum atomic E-state index is -1.76. The molecule has 196 valence electrons. The second kappa shape index (κ2) is 10.4. The first-order valence-electron chi connectivity index (χ1n) is 12.2. The molecule has 2 heterocycles. The summed E-state index contributed by atoms with van der Waals surface area (Å²) in [5, 5.41) is 32.7. The second-order valence-corrected chi connectivity index (χ2v) is 9.23. The number of aliphatic hydroxyl groups excluding tert-OH is 3. The summed E-state index contributed by atoms with van der Waals surface area (Å²) in [6, 6.07) is 13.3. The third-order valence-electron chi connectivity index (χ3n) is 6.99. The number of carbonyl (C=O) groups is 1. The summed E-state index contributed by atoms with van der Waals surface area (Å²) in [7, 11) is 0. The predicted molar refractivity (Wildman–Crippen MR) is 129 cm³/mol. The van der Waals surface area contributed by atoms with Gasteiger partial charge in [0.1, 0.15) is 30.2 Å². The Labute approximate surface area is 210 Å². The standard InChI is InChI=1S/C27H34O9/c1-5-32-21-11-8-18(9-12-21)13-19-14-20(10-7-16(19)3)27-24(30)22(28)23(29)26(36-27,15-34-27)17(4)35-25(31)33-6-2/h7-12,14,17,22-24,28-30H,5-6,13,15H2,1-4H3/t17?,22-,23-,24+,26+,27-/m0/s1. The van der Waals surface area contributed by atoms with Crippen LogP contribution in [0, 0.1) is 6.92 Å². The average Bonchev–Trinajstić information content (AvgIpc) is 3.25. The van der Waals surface area contributed by atoms with Gasteiger partial charge in [-0.15, -0.1) is 0 Å². The topological polar surface area (TPSA) is 124 Å². The Morgan fingerprint density at radius 1 is 1.08 bits per heavy atom. The van der Waals surface area contributed by atoms with Crippen LogP contribution in [0.2, 0.25) is 0 Å². The van der Waals surface area contributed by atoms with Crippen molar-refractivity contribution in [2.24, 2.45) is 0 Å². The van der Waals surface area contributed by atoms with Gasteiger partial charge in [-0.1, -0.05) is 24.3 Å². The monoisotopic (exact) mass is 502 g/mol. The van der Waals surface area contributed by atoms with Crippen LogP contribution in [0.3, 0.4) is 0 Å². The van der Waals surface area contributed by atoms with Crippen LogP contribution in [0.4, 0.5) is 4.79 Å². The summed E-state index contributed by atoms with van der Waals surface area (Å²) in [6.45, 7) is 7.57. The molecule has 9 heteroatoms. The molecule has 0 saturated carbocycles. The number of carbonyl (C=O) groups excluding carboxylic acids is 1. The van der Waals surface area contributed by atoms with E-state index >= 15 is 0 Å². The van der Waals surface area contributed by atoms with Crippen molar-refractivity contribution in [3.8, 4) is 5.75 Å². The molecule has 2 saturated heterocycles. The Balaban J connectivity index is 1.64. The number of aryl methyl sites for hydroxylation is 1. The molecule has 9 nitrogen and oxygen atoms in total. The zero-order valence-electron chi connectivity index (χ0n) is 21.0.